The molecular formula is C39H45F3O11. The summed E-state index contributed by atoms with van der Waals surface area (Å²) in [5.41, 5.74) is 2.57. The van der Waals surface area contributed by atoms with Gasteiger partial charge in [-0.1, -0.05) is 91.0 Å². The molecule has 0 amide bonds. The van der Waals surface area contributed by atoms with Gasteiger partial charge in [0.2, 0.25) is 0 Å². The predicted octanol–water partition coefficient (Wildman–Crippen LogP) is 5.92. The highest BCUT2D eigenvalue weighted by molar-refractivity contribution is 5.67. The summed E-state index contributed by atoms with van der Waals surface area (Å²) in [5, 5.41) is 0. The van der Waals surface area contributed by atoms with Crippen LogP contribution in [0.1, 0.15) is 37.5 Å². The van der Waals surface area contributed by atoms with Crippen molar-refractivity contribution < 1.29 is 65.4 Å². The highest BCUT2D eigenvalue weighted by Crippen LogP contribution is 2.42. The van der Waals surface area contributed by atoms with E-state index in [1.807, 2.05) is 91.0 Å². The lowest BCUT2D eigenvalue weighted by atomic mass is 9.90. The SMILES string of the molecule is CO[C@H]1O[C@H](COC2O[C@@H](C)[C@H](OC(C)=O)[C@@H](OC(C)=O)[C@@H]2C(F)(F)F)[C@@H](OCc2ccccc2)C(OCc2ccccc2)[C@H]1OCc1ccccc1. The van der Waals surface area contributed by atoms with Gasteiger partial charge in [-0.05, 0) is 23.6 Å². The molecule has 288 valence electrons. The Kier molecular flexibility index (Phi) is 14.4. The van der Waals surface area contributed by atoms with Crippen molar-refractivity contribution in [3.8, 4) is 0 Å². The van der Waals surface area contributed by atoms with Crippen LogP contribution >= 0.6 is 0 Å². The molecule has 14 heteroatoms. The summed E-state index contributed by atoms with van der Waals surface area (Å²) in [4.78, 5) is 23.9. The molecule has 5 rings (SSSR count). The molecule has 0 spiro atoms. The standard InChI is InChI=1S/C39H45F3O11/c1-24-32(51-25(2)43)34(52-26(3)44)31(39(40,41)42)37(50-24)49-23-30-33(46-20-27-14-8-5-9-15-27)35(47-21-28-16-10-6-11-17-28)36(38(45-4)53-30)48-22-29-18-12-7-13-19-29/h5-19,24,30-38H,20-23H2,1-4H3/t24-,30+,31-,32-,33+,34-,35?,36+,37?,38-/m0/s1. The quantitative estimate of drug-likeness (QED) is 0.173. The van der Waals surface area contributed by atoms with E-state index in [0.29, 0.717) is 0 Å². The van der Waals surface area contributed by atoms with Crippen LogP contribution in [0.5, 0.6) is 0 Å². The Bertz CT molecular complexity index is 1560. The third kappa shape index (κ3) is 11.1. The van der Waals surface area contributed by atoms with Gasteiger partial charge < -0.3 is 42.6 Å². The highest BCUT2D eigenvalue weighted by Gasteiger charge is 2.60. The predicted molar refractivity (Wildman–Crippen MR) is 182 cm³/mol. The Morgan fingerprint density at radius 1 is 0.604 bits per heavy atom. The van der Waals surface area contributed by atoms with E-state index in [-0.39, 0.29) is 19.8 Å². The molecule has 10 atom stereocenters. The van der Waals surface area contributed by atoms with Gasteiger partial charge in [-0.15, -0.1) is 0 Å². The van der Waals surface area contributed by atoms with Gasteiger partial charge in [0.25, 0.3) is 0 Å². The monoisotopic (exact) mass is 746 g/mol. The maximum Gasteiger partial charge on any atom is 0.400 e. The van der Waals surface area contributed by atoms with E-state index in [1.54, 1.807) is 0 Å². The first-order chi connectivity index (χ1) is 25.4. The van der Waals surface area contributed by atoms with E-state index < -0.39 is 85.9 Å². The molecule has 0 N–H and O–H groups in total. The molecule has 3 aromatic rings. The van der Waals surface area contributed by atoms with Crippen LogP contribution in [-0.4, -0.2) is 87.1 Å². The summed E-state index contributed by atoms with van der Waals surface area (Å²) in [5.74, 6) is -4.39. The van der Waals surface area contributed by atoms with Crippen molar-refractivity contribution in [1.29, 1.82) is 0 Å². The van der Waals surface area contributed by atoms with Gasteiger partial charge in [-0.25, -0.2) is 0 Å². The van der Waals surface area contributed by atoms with Gasteiger partial charge in [0.05, 0.1) is 32.5 Å². The number of benzene rings is 3. The topological polar surface area (TPSA) is 117 Å². The summed E-state index contributed by atoms with van der Waals surface area (Å²) in [6.45, 7) is 3.33. The van der Waals surface area contributed by atoms with E-state index in [9.17, 15) is 22.8 Å². The molecular weight excluding hydrogens is 701 g/mol. The summed E-state index contributed by atoms with van der Waals surface area (Å²) in [6.07, 6.45) is -16.5. The lowest BCUT2D eigenvalue weighted by molar-refractivity contribution is -0.358. The van der Waals surface area contributed by atoms with Crippen LogP contribution in [-0.2, 0) is 72.0 Å². The smallest absolute Gasteiger partial charge is 0.400 e. The number of methoxy groups -OCH3 is 1. The van der Waals surface area contributed by atoms with Crippen molar-refractivity contribution in [1.82, 2.24) is 0 Å². The minimum absolute atomic E-state index is 0.0976. The van der Waals surface area contributed by atoms with Crippen molar-refractivity contribution >= 4 is 11.9 Å². The maximum atomic E-state index is 14.8. The molecule has 0 saturated carbocycles. The fourth-order valence-corrected chi connectivity index (χ4v) is 6.43. The van der Waals surface area contributed by atoms with Crippen molar-refractivity contribution in [3.63, 3.8) is 0 Å². The average molecular weight is 747 g/mol. The van der Waals surface area contributed by atoms with Crippen LogP contribution in [0, 0.1) is 5.92 Å². The molecule has 2 aliphatic rings. The van der Waals surface area contributed by atoms with Crippen molar-refractivity contribution in [2.45, 2.75) is 102 Å². The Balaban J connectivity index is 1.46. The van der Waals surface area contributed by atoms with Crippen LogP contribution in [0.25, 0.3) is 0 Å². The molecule has 0 aromatic heterocycles. The number of halogens is 3. The number of esters is 2. The summed E-state index contributed by atoms with van der Waals surface area (Å²) in [7, 11) is 1.42. The zero-order valence-corrected chi connectivity index (χ0v) is 29.9. The molecule has 11 nitrogen and oxygen atoms in total. The second-order valence-corrected chi connectivity index (χ2v) is 12.8. The molecule has 53 heavy (non-hydrogen) atoms. The zero-order valence-electron chi connectivity index (χ0n) is 29.9. The molecule has 2 aliphatic heterocycles. The van der Waals surface area contributed by atoms with Crippen molar-refractivity contribution in [2.75, 3.05) is 13.7 Å². The van der Waals surface area contributed by atoms with Gasteiger partial charge in [0.1, 0.15) is 30.3 Å². The third-order valence-electron chi connectivity index (χ3n) is 8.87. The van der Waals surface area contributed by atoms with E-state index >= 15 is 0 Å². The minimum Gasteiger partial charge on any atom is -0.458 e. The van der Waals surface area contributed by atoms with Gasteiger partial charge in [-0.3, -0.25) is 9.59 Å². The largest absolute Gasteiger partial charge is 0.458 e. The lowest BCUT2D eigenvalue weighted by Gasteiger charge is -2.47. The minimum atomic E-state index is -5.01. The van der Waals surface area contributed by atoms with Crippen LogP contribution < -0.4 is 0 Å². The molecule has 0 bridgehead atoms. The third-order valence-corrected chi connectivity index (χ3v) is 8.87. The van der Waals surface area contributed by atoms with Crippen molar-refractivity contribution in [2.24, 2.45) is 5.92 Å². The van der Waals surface area contributed by atoms with Crippen LogP contribution in [0.15, 0.2) is 91.0 Å². The van der Waals surface area contributed by atoms with Gasteiger partial charge in [0.15, 0.2) is 24.8 Å². The summed E-state index contributed by atoms with van der Waals surface area (Å²) in [6, 6.07) is 28.2. The first-order valence-corrected chi connectivity index (χ1v) is 17.3. The number of hydrogen-bond donors (Lipinski definition) is 0. The molecule has 0 radical (unpaired) electrons. The fraction of sp³-hybridized carbons (Fsp3) is 0.487. The fourth-order valence-electron chi connectivity index (χ4n) is 6.43. The van der Waals surface area contributed by atoms with Gasteiger partial charge in [0, 0.05) is 21.0 Å². The maximum absolute atomic E-state index is 14.8. The Labute approximate surface area is 306 Å². The second-order valence-electron chi connectivity index (χ2n) is 12.8. The molecule has 2 fully saturated rings. The lowest BCUT2D eigenvalue weighted by Crippen LogP contribution is -2.63. The molecule has 2 saturated heterocycles. The zero-order chi connectivity index (χ0) is 38.0. The molecule has 3 aromatic carbocycles. The molecule has 0 aliphatic carbocycles. The van der Waals surface area contributed by atoms with Crippen LogP contribution in [0.3, 0.4) is 0 Å². The van der Waals surface area contributed by atoms with E-state index in [4.69, 9.17) is 42.6 Å². The van der Waals surface area contributed by atoms with E-state index in [2.05, 4.69) is 0 Å². The Morgan fingerprint density at radius 3 is 1.51 bits per heavy atom. The number of ether oxygens (including phenoxy) is 9. The first-order valence-electron chi connectivity index (χ1n) is 17.3. The summed E-state index contributed by atoms with van der Waals surface area (Å²) < 4.78 is 97.9. The van der Waals surface area contributed by atoms with E-state index in [0.717, 1.165) is 30.5 Å². The summed E-state index contributed by atoms with van der Waals surface area (Å²) >= 11 is 0. The normalized spacial score (nSPS) is 29.0. The number of carbonyl (C=O) groups excluding carboxylic acids is 2. The van der Waals surface area contributed by atoms with Gasteiger partial charge >= 0.3 is 18.1 Å². The Morgan fingerprint density at radius 2 is 1.06 bits per heavy atom. The highest BCUT2D eigenvalue weighted by atomic mass is 19.4. The molecule has 2 unspecified atom stereocenters. The second kappa shape index (κ2) is 18.9. The van der Waals surface area contributed by atoms with Crippen LogP contribution in [0.2, 0.25) is 0 Å². The number of alkyl halides is 3. The number of carbonyl (C=O) groups is 2. The number of hydrogen-bond acceptors (Lipinski definition) is 11. The number of rotatable bonds is 15. The first kappa shape index (κ1) is 40.3. The van der Waals surface area contributed by atoms with Gasteiger partial charge in [-0.2, -0.15) is 13.2 Å². The van der Waals surface area contributed by atoms with Crippen LogP contribution in [0.4, 0.5) is 13.2 Å². The average Bonchev–Trinajstić information content (AvgIpc) is 3.13. The van der Waals surface area contributed by atoms with E-state index in [1.165, 1.54) is 14.0 Å². The Hall–Kier alpha value is -3.89. The molecule has 2 heterocycles. The van der Waals surface area contributed by atoms with Crippen molar-refractivity contribution in [3.05, 3.63) is 108 Å².